The summed E-state index contributed by atoms with van der Waals surface area (Å²) in [4.78, 5) is 7.68. The fourth-order valence-corrected chi connectivity index (χ4v) is 2.11. The fraction of sp³-hybridized carbons (Fsp3) is 0.417. The first-order valence-electron chi connectivity index (χ1n) is 5.81. The fourth-order valence-electron chi connectivity index (χ4n) is 2.11. The van der Waals surface area contributed by atoms with Crippen molar-refractivity contribution in [1.82, 2.24) is 15.3 Å². The van der Waals surface area contributed by atoms with E-state index in [9.17, 15) is 5.11 Å². The second-order valence-electron chi connectivity index (χ2n) is 4.29. The number of hydrogen-bond donors (Lipinski definition) is 3. The third kappa shape index (κ3) is 2.25. The molecule has 17 heavy (non-hydrogen) atoms. The van der Waals surface area contributed by atoms with Crippen LogP contribution >= 0.6 is 0 Å². The normalized spacial score (nSPS) is 20.8. The number of phenols is 1. The van der Waals surface area contributed by atoms with Gasteiger partial charge in [-0.1, -0.05) is 0 Å². The minimum absolute atomic E-state index is 0.179. The standard InChI is InChI=1S/C12H15N3O2/c16-8-1-2-10-11(5-8)15-12(14-10)6-9-7-13-3-4-17-9/h1-2,5,9,13,16H,3-4,6-7H2,(H,14,15). The molecule has 3 rings (SSSR count). The highest BCUT2D eigenvalue weighted by molar-refractivity contribution is 5.76. The van der Waals surface area contributed by atoms with E-state index in [0.29, 0.717) is 0 Å². The predicted octanol–water partition coefficient (Wildman–Crippen LogP) is 0.799. The second-order valence-corrected chi connectivity index (χ2v) is 4.29. The van der Waals surface area contributed by atoms with Crippen LogP contribution in [0, 0.1) is 0 Å². The van der Waals surface area contributed by atoms with Crippen molar-refractivity contribution in [3.05, 3.63) is 24.0 Å². The number of rotatable bonds is 2. The third-order valence-corrected chi connectivity index (χ3v) is 2.94. The summed E-state index contributed by atoms with van der Waals surface area (Å²) in [6.45, 7) is 2.54. The predicted molar refractivity (Wildman–Crippen MR) is 64.1 cm³/mol. The molecule has 1 aromatic carbocycles. The van der Waals surface area contributed by atoms with Gasteiger partial charge in [0.25, 0.3) is 0 Å². The number of aromatic nitrogens is 2. The average Bonchev–Trinajstić information content (AvgIpc) is 2.71. The number of fused-ring (bicyclic) bond motifs is 1. The molecule has 2 heterocycles. The smallest absolute Gasteiger partial charge is 0.117 e. The van der Waals surface area contributed by atoms with Crippen LogP contribution in [0.2, 0.25) is 0 Å². The summed E-state index contributed by atoms with van der Waals surface area (Å²) in [7, 11) is 0. The van der Waals surface area contributed by atoms with Crippen LogP contribution in [0.15, 0.2) is 18.2 Å². The number of imidazole rings is 1. The maximum absolute atomic E-state index is 9.38. The first-order chi connectivity index (χ1) is 8.31. The lowest BCUT2D eigenvalue weighted by Crippen LogP contribution is -2.39. The second kappa shape index (κ2) is 4.35. The molecule has 0 bridgehead atoms. The molecule has 5 heteroatoms. The molecule has 0 spiro atoms. The Labute approximate surface area is 98.8 Å². The number of nitrogens with zero attached hydrogens (tertiary/aromatic N) is 1. The number of morpholine rings is 1. The van der Waals surface area contributed by atoms with Gasteiger partial charge >= 0.3 is 0 Å². The number of aromatic amines is 1. The molecule has 0 amide bonds. The van der Waals surface area contributed by atoms with Gasteiger partial charge in [0.1, 0.15) is 11.6 Å². The van der Waals surface area contributed by atoms with Crippen LogP contribution < -0.4 is 5.32 Å². The van der Waals surface area contributed by atoms with E-state index in [4.69, 9.17) is 4.74 Å². The van der Waals surface area contributed by atoms with E-state index in [2.05, 4.69) is 15.3 Å². The van der Waals surface area contributed by atoms with Crippen molar-refractivity contribution in [1.29, 1.82) is 0 Å². The van der Waals surface area contributed by atoms with E-state index in [0.717, 1.165) is 43.0 Å². The number of H-pyrrole nitrogens is 1. The number of phenolic OH excluding ortho intramolecular Hbond substituents is 1. The van der Waals surface area contributed by atoms with Gasteiger partial charge in [0.15, 0.2) is 0 Å². The zero-order chi connectivity index (χ0) is 11.7. The number of benzene rings is 1. The lowest BCUT2D eigenvalue weighted by molar-refractivity contribution is 0.0282. The third-order valence-electron chi connectivity index (χ3n) is 2.94. The highest BCUT2D eigenvalue weighted by atomic mass is 16.5. The Balaban J connectivity index is 1.80. The van der Waals surface area contributed by atoms with Crippen LogP contribution in [0.1, 0.15) is 5.82 Å². The van der Waals surface area contributed by atoms with Crippen molar-refractivity contribution in [2.45, 2.75) is 12.5 Å². The maximum Gasteiger partial charge on any atom is 0.117 e. The van der Waals surface area contributed by atoms with Gasteiger partial charge in [0, 0.05) is 25.6 Å². The molecule has 1 aromatic heterocycles. The van der Waals surface area contributed by atoms with Crippen molar-refractivity contribution in [2.24, 2.45) is 0 Å². The van der Waals surface area contributed by atoms with E-state index >= 15 is 0 Å². The summed E-state index contributed by atoms with van der Waals surface area (Å²) in [5, 5.41) is 12.7. The zero-order valence-corrected chi connectivity index (χ0v) is 9.44. The van der Waals surface area contributed by atoms with Crippen molar-refractivity contribution in [3.8, 4) is 5.75 Å². The van der Waals surface area contributed by atoms with Gasteiger partial charge in [-0.05, 0) is 12.1 Å². The monoisotopic (exact) mass is 233 g/mol. The highest BCUT2D eigenvalue weighted by Crippen LogP contribution is 2.18. The molecule has 1 aliphatic heterocycles. The van der Waals surface area contributed by atoms with Gasteiger partial charge < -0.3 is 20.1 Å². The Morgan fingerprint density at radius 1 is 1.47 bits per heavy atom. The van der Waals surface area contributed by atoms with Crippen LogP contribution in [0.3, 0.4) is 0 Å². The minimum atomic E-state index is 0.179. The SMILES string of the molecule is Oc1ccc2nc(CC3CNCCO3)[nH]c2c1. The Morgan fingerprint density at radius 2 is 2.41 bits per heavy atom. The van der Waals surface area contributed by atoms with Gasteiger partial charge in [-0.2, -0.15) is 0 Å². The first kappa shape index (κ1) is 10.6. The molecule has 90 valence electrons. The van der Waals surface area contributed by atoms with E-state index in [1.165, 1.54) is 0 Å². The van der Waals surface area contributed by atoms with Crippen molar-refractivity contribution in [3.63, 3.8) is 0 Å². The number of aromatic hydroxyl groups is 1. The quantitative estimate of drug-likeness (QED) is 0.717. The Morgan fingerprint density at radius 3 is 3.24 bits per heavy atom. The van der Waals surface area contributed by atoms with Crippen molar-refractivity contribution >= 4 is 11.0 Å². The largest absolute Gasteiger partial charge is 0.508 e. The molecular weight excluding hydrogens is 218 g/mol. The topological polar surface area (TPSA) is 70.2 Å². The number of nitrogens with one attached hydrogen (secondary N) is 2. The summed E-state index contributed by atoms with van der Waals surface area (Å²) < 4.78 is 5.63. The Kier molecular flexibility index (Phi) is 2.70. The average molecular weight is 233 g/mol. The van der Waals surface area contributed by atoms with E-state index < -0.39 is 0 Å². The molecule has 2 aromatic rings. The van der Waals surface area contributed by atoms with Gasteiger partial charge in [-0.25, -0.2) is 4.98 Å². The van der Waals surface area contributed by atoms with Crippen LogP contribution in [0.5, 0.6) is 5.75 Å². The van der Waals surface area contributed by atoms with Gasteiger partial charge in [-0.15, -0.1) is 0 Å². The minimum Gasteiger partial charge on any atom is -0.508 e. The number of hydrogen-bond acceptors (Lipinski definition) is 4. The molecule has 1 unspecified atom stereocenters. The molecule has 0 saturated carbocycles. The van der Waals surface area contributed by atoms with Gasteiger partial charge in [0.2, 0.25) is 0 Å². The summed E-state index contributed by atoms with van der Waals surface area (Å²) in [6, 6.07) is 5.14. The van der Waals surface area contributed by atoms with Crippen LogP contribution in [0.4, 0.5) is 0 Å². The first-order valence-corrected chi connectivity index (χ1v) is 5.81. The maximum atomic E-state index is 9.38. The molecule has 3 N–H and O–H groups in total. The van der Waals surface area contributed by atoms with Crippen LogP contribution in [-0.4, -0.2) is 40.9 Å². The van der Waals surface area contributed by atoms with Crippen LogP contribution in [-0.2, 0) is 11.2 Å². The molecule has 1 fully saturated rings. The Hall–Kier alpha value is -1.59. The molecule has 0 aliphatic carbocycles. The summed E-state index contributed by atoms with van der Waals surface area (Å²) in [5.41, 5.74) is 1.74. The molecular formula is C12H15N3O2. The van der Waals surface area contributed by atoms with E-state index in [-0.39, 0.29) is 11.9 Å². The summed E-state index contributed by atoms with van der Waals surface area (Å²) in [6.07, 6.45) is 0.945. The Bertz CT molecular complexity index is 517. The molecule has 1 saturated heterocycles. The highest BCUT2D eigenvalue weighted by Gasteiger charge is 2.15. The summed E-state index contributed by atoms with van der Waals surface area (Å²) in [5.74, 6) is 1.16. The molecule has 5 nitrogen and oxygen atoms in total. The van der Waals surface area contributed by atoms with Gasteiger partial charge in [0.05, 0.1) is 23.7 Å². The van der Waals surface area contributed by atoms with Gasteiger partial charge in [-0.3, -0.25) is 0 Å². The molecule has 1 aliphatic rings. The summed E-state index contributed by atoms with van der Waals surface area (Å²) >= 11 is 0. The molecule has 0 radical (unpaired) electrons. The number of ether oxygens (including phenoxy) is 1. The van der Waals surface area contributed by atoms with E-state index in [1.54, 1.807) is 12.1 Å². The molecule has 1 atom stereocenters. The lowest BCUT2D eigenvalue weighted by atomic mass is 10.2. The van der Waals surface area contributed by atoms with Crippen molar-refractivity contribution < 1.29 is 9.84 Å². The van der Waals surface area contributed by atoms with Crippen LogP contribution in [0.25, 0.3) is 11.0 Å². The van der Waals surface area contributed by atoms with E-state index in [1.807, 2.05) is 6.07 Å². The lowest BCUT2D eigenvalue weighted by Gasteiger charge is -2.22. The van der Waals surface area contributed by atoms with Crippen molar-refractivity contribution in [2.75, 3.05) is 19.7 Å². The zero-order valence-electron chi connectivity index (χ0n) is 9.44.